The molecule has 7 heteroatoms. The minimum Gasteiger partial charge on any atom is -0.481 e. The van der Waals surface area contributed by atoms with Crippen molar-refractivity contribution in [3.05, 3.63) is 0 Å². The topological polar surface area (TPSA) is 108 Å². The number of carboxylic acids is 1. The maximum absolute atomic E-state index is 13.0. The van der Waals surface area contributed by atoms with Crippen LogP contribution in [0.15, 0.2) is 0 Å². The fourth-order valence-corrected chi connectivity index (χ4v) is 4.01. The summed E-state index contributed by atoms with van der Waals surface area (Å²) in [6, 6.07) is -0.271. The summed E-state index contributed by atoms with van der Waals surface area (Å²) >= 11 is 0. The number of urea groups is 1. The van der Waals surface area contributed by atoms with Crippen LogP contribution in [0.2, 0.25) is 0 Å². The molecule has 26 heavy (non-hydrogen) atoms. The summed E-state index contributed by atoms with van der Waals surface area (Å²) in [6.07, 6.45) is 8.72. The number of unbranched alkanes of at least 4 members (excludes halogenated alkanes) is 1. The van der Waals surface area contributed by atoms with Gasteiger partial charge in [-0.1, -0.05) is 32.6 Å². The smallest absolute Gasteiger partial charge is 0.315 e. The number of carboxylic acid groups (broad SMARTS) is 1. The Labute approximate surface area is 155 Å². The first-order valence-corrected chi connectivity index (χ1v) is 10.1. The molecule has 4 N–H and O–H groups in total. The van der Waals surface area contributed by atoms with Crippen LogP contribution in [0.3, 0.4) is 0 Å². The Morgan fingerprint density at radius 3 is 2.27 bits per heavy atom. The molecule has 3 amide bonds. The average Bonchev–Trinajstić information content (AvgIpc) is 2.63. The number of hydrogen-bond acceptors (Lipinski definition) is 3. The number of rotatable bonds is 7. The van der Waals surface area contributed by atoms with Crippen LogP contribution < -0.4 is 16.0 Å². The van der Waals surface area contributed by atoms with Crippen molar-refractivity contribution in [1.82, 2.24) is 16.0 Å². The van der Waals surface area contributed by atoms with Crippen LogP contribution >= 0.6 is 0 Å². The molecule has 0 heterocycles. The Balaban J connectivity index is 1.92. The van der Waals surface area contributed by atoms with Crippen LogP contribution in [0.4, 0.5) is 4.79 Å². The van der Waals surface area contributed by atoms with Gasteiger partial charge in [0.1, 0.15) is 5.54 Å². The van der Waals surface area contributed by atoms with Gasteiger partial charge >= 0.3 is 12.0 Å². The third kappa shape index (κ3) is 5.61. The van der Waals surface area contributed by atoms with E-state index < -0.39 is 11.5 Å². The van der Waals surface area contributed by atoms with E-state index in [1.54, 1.807) is 0 Å². The summed E-state index contributed by atoms with van der Waals surface area (Å²) in [5.41, 5.74) is -0.835. The van der Waals surface area contributed by atoms with Gasteiger partial charge in [0, 0.05) is 12.6 Å². The van der Waals surface area contributed by atoms with E-state index in [1.807, 2.05) is 0 Å². The number of hydrogen-bond donors (Lipinski definition) is 4. The van der Waals surface area contributed by atoms with E-state index in [9.17, 15) is 14.4 Å². The van der Waals surface area contributed by atoms with Crippen molar-refractivity contribution in [1.29, 1.82) is 0 Å². The lowest BCUT2D eigenvalue weighted by Gasteiger charge is -2.38. The SMILES string of the molecule is CCCCNC(=O)NC1(C(=O)NC2CCC(C(=O)O)CC2)CCCCC1. The number of carbonyl (C=O) groups excluding carboxylic acids is 2. The Kier molecular flexibility index (Phi) is 7.72. The van der Waals surface area contributed by atoms with Gasteiger partial charge in [0.2, 0.25) is 5.91 Å². The highest BCUT2D eigenvalue weighted by Gasteiger charge is 2.42. The molecule has 0 aromatic heterocycles. The lowest BCUT2D eigenvalue weighted by atomic mass is 9.80. The standard InChI is InChI=1S/C19H33N3O4/c1-2-3-13-20-18(26)22-19(11-5-4-6-12-19)17(25)21-15-9-7-14(8-10-15)16(23)24/h14-15H,2-13H2,1H3,(H,21,25)(H,23,24)(H2,20,22,26). The van der Waals surface area contributed by atoms with Crippen LogP contribution in [-0.2, 0) is 9.59 Å². The molecule has 2 aliphatic carbocycles. The van der Waals surface area contributed by atoms with Crippen molar-refractivity contribution in [3.8, 4) is 0 Å². The van der Waals surface area contributed by atoms with Gasteiger partial charge in [0.25, 0.3) is 0 Å². The quantitative estimate of drug-likeness (QED) is 0.519. The van der Waals surface area contributed by atoms with Crippen LogP contribution in [-0.4, -0.2) is 41.1 Å². The summed E-state index contributed by atoms with van der Waals surface area (Å²) in [5, 5.41) is 18.0. The van der Waals surface area contributed by atoms with Gasteiger partial charge in [0.05, 0.1) is 5.92 Å². The zero-order valence-electron chi connectivity index (χ0n) is 15.8. The minimum absolute atomic E-state index is 0.00172. The van der Waals surface area contributed by atoms with Gasteiger partial charge in [-0.15, -0.1) is 0 Å². The van der Waals surface area contributed by atoms with Gasteiger partial charge < -0.3 is 21.1 Å². The molecule has 0 spiro atoms. The molecule has 0 radical (unpaired) electrons. The zero-order valence-corrected chi connectivity index (χ0v) is 15.8. The summed E-state index contributed by atoms with van der Waals surface area (Å²) in [5.74, 6) is -1.15. The first-order chi connectivity index (χ1) is 12.5. The van der Waals surface area contributed by atoms with E-state index >= 15 is 0 Å². The fraction of sp³-hybridized carbons (Fsp3) is 0.842. The van der Waals surface area contributed by atoms with E-state index in [4.69, 9.17) is 5.11 Å². The molecule has 2 rings (SSSR count). The van der Waals surface area contributed by atoms with Crippen LogP contribution in [0, 0.1) is 5.92 Å². The Hall–Kier alpha value is -1.79. The highest BCUT2D eigenvalue weighted by Crippen LogP contribution is 2.30. The van der Waals surface area contributed by atoms with Gasteiger partial charge in [0.15, 0.2) is 0 Å². The van der Waals surface area contributed by atoms with Crippen LogP contribution in [0.5, 0.6) is 0 Å². The monoisotopic (exact) mass is 367 g/mol. The minimum atomic E-state index is -0.835. The molecule has 0 bridgehead atoms. The third-order valence-electron chi connectivity index (χ3n) is 5.72. The first-order valence-electron chi connectivity index (χ1n) is 10.1. The van der Waals surface area contributed by atoms with E-state index in [0.29, 0.717) is 45.1 Å². The molecular weight excluding hydrogens is 334 g/mol. The lowest BCUT2D eigenvalue weighted by Crippen LogP contribution is -2.63. The molecule has 148 valence electrons. The molecule has 2 saturated carbocycles. The average molecular weight is 367 g/mol. The van der Waals surface area contributed by atoms with Crippen molar-refractivity contribution in [2.45, 2.75) is 89.1 Å². The number of carbonyl (C=O) groups is 3. The molecule has 0 atom stereocenters. The van der Waals surface area contributed by atoms with Gasteiger partial charge in [-0.3, -0.25) is 9.59 Å². The van der Waals surface area contributed by atoms with Gasteiger partial charge in [-0.05, 0) is 44.9 Å². The summed E-state index contributed by atoms with van der Waals surface area (Å²) < 4.78 is 0. The van der Waals surface area contributed by atoms with Crippen molar-refractivity contribution in [2.75, 3.05) is 6.54 Å². The molecule has 0 unspecified atom stereocenters. The molecule has 0 aromatic carbocycles. The zero-order chi connectivity index (χ0) is 19.0. The number of nitrogens with one attached hydrogen (secondary N) is 3. The normalized spacial score (nSPS) is 25.1. The Morgan fingerprint density at radius 2 is 1.69 bits per heavy atom. The second kappa shape index (κ2) is 9.78. The summed E-state index contributed by atoms with van der Waals surface area (Å²) in [7, 11) is 0. The molecular formula is C19H33N3O4. The van der Waals surface area contributed by atoms with Crippen molar-refractivity contribution in [2.24, 2.45) is 5.92 Å². The summed E-state index contributed by atoms with van der Waals surface area (Å²) in [6.45, 7) is 2.67. The van der Waals surface area contributed by atoms with E-state index in [-0.39, 0.29) is 23.9 Å². The van der Waals surface area contributed by atoms with Crippen LogP contribution in [0.1, 0.15) is 77.6 Å². The highest BCUT2D eigenvalue weighted by molar-refractivity contribution is 5.91. The number of aliphatic carboxylic acids is 1. The molecule has 7 nitrogen and oxygen atoms in total. The Morgan fingerprint density at radius 1 is 1.04 bits per heavy atom. The predicted molar refractivity (Wildman–Crippen MR) is 98.8 cm³/mol. The maximum atomic E-state index is 13.0. The molecule has 0 aromatic rings. The lowest BCUT2D eigenvalue weighted by molar-refractivity contribution is -0.142. The van der Waals surface area contributed by atoms with Crippen molar-refractivity contribution < 1.29 is 19.5 Å². The molecule has 0 aliphatic heterocycles. The van der Waals surface area contributed by atoms with E-state index in [0.717, 1.165) is 32.1 Å². The highest BCUT2D eigenvalue weighted by atomic mass is 16.4. The van der Waals surface area contributed by atoms with E-state index in [1.165, 1.54) is 0 Å². The molecule has 2 fully saturated rings. The second-order valence-corrected chi connectivity index (χ2v) is 7.74. The largest absolute Gasteiger partial charge is 0.481 e. The third-order valence-corrected chi connectivity index (χ3v) is 5.72. The van der Waals surface area contributed by atoms with Crippen LogP contribution in [0.25, 0.3) is 0 Å². The second-order valence-electron chi connectivity index (χ2n) is 7.74. The fourth-order valence-electron chi connectivity index (χ4n) is 4.01. The van der Waals surface area contributed by atoms with Crippen molar-refractivity contribution in [3.63, 3.8) is 0 Å². The van der Waals surface area contributed by atoms with Gasteiger partial charge in [-0.25, -0.2) is 4.79 Å². The summed E-state index contributed by atoms with van der Waals surface area (Å²) in [4.78, 5) is 36.3. The van der Waals surface area contributed by atoms with Gasteiger partial charge in [-0.2, -0.15) is 0 Å². The number of amides is 3. The van der Waals surface area contributed by atoms with Crippen molar-refractivity contribution >= 4 is 17.9 Å². The molecule has 0 saturated heterocycles. The van der Waals surface area contributed by atoms with E-state index in [2.05, 4.69) is 22.9 Å². The molecule has 2 aliphatic rings. The Bertz CT molecular complexity index is 495. The predicted octanol–water partition coefficient (Wildman–Crippen LogP) is 2.55. The first kappa shape index (κ1) is 20.5. The maximum Gasteiger partial charge on any atom is 0.315 e.